The van der Waals surface area contributed by atoms with E-state index in [0.29, 0.717) is 5.69 Å². The SMILES string of the molecule is CO[C@H]1/C=C/O[C@@]2(C)Oc3c(C)c(O)c4c(O)c(c(C=Nc5ccc6ccccc6c5)c(O)c4c3C2=O)NC(=O)/C(C)=C\C=C\[C@H](C)[C@H](O)[C@@H](C)[C@@H](O)[C@H](C)[C@H](OC(C)=O)[C@H]1C. The number of anilines is 1. The Kier molecular flexibility index (Phi) is 13.2. The number of nitrogens with zero attached hydrogens (tertiary/aromatic N) is 1. The lowest BCUT2D eigenvalue weighted by Gasteiger charge is -2.38. The van der Waals surface area contributed by atoms with E-state index in [0.717, 1.165) is 10.8 Å². The van der Waals surface area contributed by atoms with Crippen LogP contribution in [0.3, 0.4) is 0 Å². The number of ether oxygens (including phenoxy) is 4. The van der Waals surface area contributed by atoms with Crippen LogP contribution in [0.5, 0.6) is 23.0 Å². The lowest BCUT2D eigenvalue weighted by molar-refractivity contribution is -0.160. The van der Waals surface area contributed by atoms with Crippen LogP contribution in [0.15, 0.2) is 83.6 Å². The minimum atomic E-state index is -2.07. The Morgan fingerprint density at radius 3 is 2.26 bits per heavy atom. The Bertz CT molecular complexity index is 2540. The van der Waals surface area contributed by atoms with Crippen molar-refractivity contribution in [3.8, 4) is 23.0 Å². The number of amides is 1. The minimum Gasteiger partial charge on any atom is -0.507 e. The summed E-state index contributed by atoms with van der Waals surface area (Å²) in [7, 11) is 1.43. The van der Waals surface area contributed by atoms with Crippen molar-refractivity contribution in [3.05, 3.63) is 95.3 Å². The molecule has 14 nitrogen and oxygen atoms in total. The van der Waals surface area contributed by atoms with Crippen LogP contribution in [-0.2, 0) is 23.8 Å². The second kappa shape index (κ2) is 18.0. The highest BCUT2D eigenvalue weighted by atomic mass is 16.7. The Labute approximate surface area is 359 Å². The molecule has 3 aliphatic heterocycles. The average molecular weight is 851 g/mol. The van der Waals surface area contributed by atoms with Crippen molar-refractivity contribution in [1.82, 2.24) is 0 Å². The molecular weight excluding hydrogens is 797 g/mol. The molecule has 0 aliphatic carbocycles. The summed E-state index contributed by atoms with van der Waals surface area (Å²) in [4.78, 5) is 45.3. The molecular formula is C48H54N2O12. The zero-order valence-electron chi connectivity index (χ0n) is 36.2. The van der Waals surface area contributed by atoms with Crippen LogP contribution >= 0.6 is 0 Å². The number of rotatable bonds is 4. The lowest BCUT2D eigenvalue weighted by Crippen LogP contribution is -2.46. The number of nitrogens with one attached hydrogen (secondary N) is 1. The van der Waals surface area contributed by atoms with Gasteiger partial charge in [0.05, 0.1) is 52.5 Å². The van der Waals surface area contributed by atoms with E-state index in [2.05, 4.69) is 10.3 Å². The smallest absolute Gasteiger partial charge is 0.312 e. The van der Waals surface area contributed by atoms with E-state index in [1.807, 2.05) is 36.4 Å². The van der Waals surface area contributed by atoms with Gasteiger partial charge in [0.15, 0.2) is 5.75 Å². The summed E-state index contributed by atoms with van der Waals surface area (Å²) in [5, 5.41) is 62.6. The monoisotopic (exact) mass is 850 g/mol. The fourth-order valence-corrected chi connectivity index (χ4v) is 8.27. The average Bonchev–Trinajstić information content (AvgIpc) is 3.51. The highest BCUT2D eigenvalue weighted by molar-refractivity contribution is 6.24. The third-order valence-corrected chi connectivity index (χ3v) is 12.1. The van der Waals surface area contributed by atoms with Crippen LogP contribution in [0.2, 0.25) is 0 Å². The number of aliphatic imine (C=N–C) groups is 1. The first-order valence-electron chi connectivity index (χ1n) is 20.4. The number of carbonyl (C=O) groups excluding carboxylic acids is 3. The molecule has 0 radical (unpaired) electrons. The number of methoxy groups -OCH3 is 1. The zero-order valence-corrected chi connectivity index (χ0v) is 36.2. The van der Waals surface area contributed by atoms with Gasteiger partial charge in [-0.3, -0.25) is 19.4 Å². The number of aliphatic hydroxyl groups is 2. The van der Waals surface area contributed by atoms with E-state index in [1.54, 1.807) is 45.9 Å². The van der Waals surface area contributed by atoms with Gasteiger partial charge in [-0.1, -0.05) is 76.3 Å². The first-order valence-corrected chi connectivity index (χ1v) is 20.4. The molecule has 0 saturated heterocycles. The Morgan fingerprint density at radius 1 is 0.887 bits per heavy atom. The summed E-state index contributed by atoms with van der Waals surface area (Å²) in [5.41, 5.74) is -0.0152. The Morgan fingerprint density at radius 2 is 1.58 bits per heavy atom. The number of hydrogen-bond acceptors (Lipinski definition) is 13. The van der Waals surface area contributed by atoms with Crippen LogP contribution < -0.4 is 10.1 Å². The number of esters is 1. The summed E-state index contributed by atoms with van der Waals surface area (Å²) in [6.07, 6.45) is 4.74. The largest absolute Gasteiger partial charge is 0.507 e. The summed E-state index contributed by atoms with van der Waals surface area (Å²) in [6.45, 7) is 12.5. The normalized spacial score (nSPS) is 29.2. The number of allylic oxidation sites excluding steroid dienone is 2. The Hall–Kier alpha value is -6.22. The van der Waals surface area contributed by atoms with Crippen molar-refractivity contribution in [1.29, 1.82) is 0 Å². The van der Waals surface area contributed by atoms with Crippen LogP contribution in [0.1, 0.15) is 70.0 Å². The molecule has 0 saturated carbocycles. The number of benzene rings is 4. The quantitative estimate of drug-likeness (QED) is 0.0506. The maximum absolute atomic E-state index is 14.5. The maximum Gasteiger partial charge on any atom is 0.312 e. The third-order valence-electron chi connectivity index (χ3n) is 12.1. The molecule has 1 amide bonds. The van der Waals surface area contributed by atoms with E-state index in [1.165, 1.54) is 59.4 Å². The molecule has 62 heavy (non-hydrogen) atoms. The predicted molar refractivity (Wildman–Crippen MR) is 235 cm³/mol. The number of aromatic hydroxyl groups is 3. The molecule has 0 spiro atoms. The molecule has 0 fully saturated rings. The van der Waals surface area contributed by atoms with Gasteiger partial charge in [0.2, 0.25) is 0 Å². The second-order valence-electron chi connectivity index (χ2n) is 16.4. The Balaban J connectivity index is 1.54. The second-order valence-corrected chi connectivity index (χ2v) is 16.4. The predicted octanol–water partition coefficient (Wildman–Crippen LogP) is 7.66. The first kappa shape index (κ1) is 45.3. The number of hydrogen-bond donors (Lipinski definition) is 6. The molecule has 14 heteroatoms. The van der Waals surface area contributed by atoms with Crippen LogP contribution in [0.25, 0.3) is 21.5 Å². The topological polar surface area (TPSA) is 214 Å². The van der Waals surface area contributed by atoms with Gasteiger partial charge in [-0.25, -0.2) is 0 Å². The molecule has 9 atom stereocenters. The number of phenolic OH excluding ortho intramolecular Hbond substituents is 3. The third kappa shape index (κ3) is 8.50. The van der Waals surface area contributed by atoms with E-state index < -0.39 is 88.8 Å². The highest BCUT2D eigenvalue weighted by Crippen LogP contribution is 2.55. The van der Waals surface area contributed by atoms with Gasteiger partial charge < -0.3 is 49.8 Å². The fraction of sp³-hybridized carbons (Fsp3) is 0.375. The van der Waals surface area contributed by atoms with E-state index in [9.17, 15) is 39.9 Å². The molecule has 3 aliphatic rings. The number of fused-ring (bicyclic) bond motifs is 15. The fourth-order valence-electron chi connectivity index (χ4n) is 8.27. The first-order chi connectivity index (χ1) is 29.3. The van der Waals surface area contributed by atoms with Gasteiger partial charge in [0.25, 0.3) is 11.7 Å². The number of ketones is 1. The van der Waals surface area contributed by atoms with Crippen molar-refractivity contribution in [2.75, 3.05) is 12.4 Å². The van der Waals surface area contributed by atoms with Gasteiger partial charge in [-0.15, -0.1) is 0 Å². The maximum atomic E-state index is 14.5. The number of carbonyl (C=O) groups is 3. The lowest BCUT2D eigenvalue weighted by atomic mass is 9.78. The number of Topliss-reactive ketones (excluding diaryl/α,β-unsaturated/α-hetero) is 1. The molecule has 7 rings (SSSR count). The van der Waals surface area contributed by atoms with Crippen molar-refractivity contribution in [2.45, 2.75) is 85.6 Å². The number of aliphatic hydroxyl groups excluding tert-OH is 2. The van der Waals surface area contributed by atoms with Crippen LogP contribution in [0.4, 0.5) is 11.4 Å². The molecule has 3 heterocycles. The molecule has 5 bridgehead atoms. The van der Waals surface area contributed by atoms with E-state index >= 15 is 0 Å². The van der Waals surface area contributed by atoms with Gasteiger partial charge >= 0.3 is 11.8 Å². The summed E-state index contributed by atoms with van der Waals surface area (Å²) in [5.74, 6) is -8.55. The molecule has 4 aromatic rings. The van der Waals surface area contributed by atoms with Crippen molar-refractivity contribution < 1.29 is 58.9 Å². The molecule has 0 aromatic heterocycles. The van der Waals surface area contributed by atoms with Gasteiger partial charge in [-0.05, 0) is 42.8 Å². The van der Waals surface area contributed by atoms with Gasteiger partial charge in [0, 0.05) is 67.4 Å². The summed E-state index contributed by atoms with van der Waals surface area (Å²) < 4.78 is 23.6. The zero-order chi connectivity index (χ0) is 45.4. The molecule has 6 N–H and O–H groups in total. The molecule has 328 valence electrons. The summed E-state index contributed by atoms with van der Waals surface area (Å²) in [6, 6.07) is 13.1. The van der Waals surface area contributed by atoms with Crippen LogP contribution in [-0.4, -0.2) is 86.7 Å². The standard InChI is InChI=1S/C48H54N2O12/c1-23-13-12-14-24(2)47(58)50-38-33(22-49-32-18-17-30-15-10-11-16-31(30)21-32)42(55)35-36(43(38)56)41(54)28(6)45-37(35)46(57)48(8,62-45)60-20-19-34(59-9)25(3)44(61-29(7)51)27(5)40(53)26(4)39(23)52/h10-23,25-27,34,39-40,44,52-56H,1-9H3,(H,50,58)/b13-12+,20-19+,24-14-,49-22?/t23-,25-,26+,27-,34-,39-,40+,44+,48-/m0/s1. The van der Waals surface area contributed by atoms with Crippen LogP contribution in [0, 0.1) is 30.6 Å². The summed E-state index contributed by atoms with van der Waals surface area (Å²) >= 11 is 0. The van der Waals surface area contributed by atoms with Crippen molar-refractivity contribution >= 4 is 56.8 Å². The molecule has 0 unspecified atom stereocenters. The van der Waals surface area contributed by atoms with E-state index in [-0.39, 0.29) is 44.5 Å². The van der Waals surface area contributed by atoms with Gasteiger partial charge in [0.1, 0.15) is 23.4 Å². The number of phenols is 3. The highest BCUT2D eigenvalue weighted by Gasteiger charge is 2.50. The van der Waals surface area contributed by atoms with Crippen molar-refractivity contribution in [2.24, 2.45) is 28.7 Å². The van der Waals surface area contributed by atoms with Crippen molar-refractivity contribution in [3.63, 3.8) is 0 Å². The minimum absolute atomic E-state index is 0.0409. The van der Waals surface area contributed by atoms with E-state index in [4.69, 9.17) is 18.9 Å². The molecule has 4 aromatic carbocycles. The van der Waals surface area contributed by atoms with Gasteiger partial charge in [-0.2, -0.15) is 0 Å².